The lowest BCUT2D eigenvalue weighted by Crippen LogP contribution is -2.51. The zero-order valence-corrected chi connectivity index (χ0v) is 12.0. The van der Waals surface area contributed by atoms with Gasteiger partial charge in [-0.1, -0.05) is 6.92 Å². The zero-order chi connectivity index (χ0) is 12.3. The van der Waals surface area contributed by atoms with Crippen LogP contribution in [0.2, 0.25) is 0 Å². The predicted octanol–water partition coefficient (Wildman–Crippen LogP) is 2.65. The van der Waals surface area contributed by atoms with Crippen molar-refractivity contribution in [1.82, 2.24) is 5.32 Å². The Balaban J connectivity index is 2.23. The van der Waals surface area contributed by atoms with E-state index in [1.54, 1.807) is 7.11 Å². The summed E-state index contributed by atoms with van der Waals surface area (Å²) in [5.74, 6) is 0.886. The summed E-state index contributed by atoms with van der Waals surface area (Å²) in [6.45, 7) is 5.43. The Labute approximate surface area is 111 Å². The number of nitrogens with zero attached hydrogens (tertiary/aromatic N) is 1. The van der Waals surface area contributed by atoms with Gasteiger partial charge in [0.05, 0.1) is 11.6 Å². The van der Waals surface area contributed by atoms with Gasteiger partial charge in [-0.2, -0.15) is 0 Å². The van der Waals surface area contributed by atoms with Crippen LogP contribution in [0.15, 0.2) is 22.7 Å². The van der Waals surface area contributed by atoms with Crippen LogP contribution in [-0.2, 0) is 0 Å². The summed E-state index contributed by atoms with van der Waals surface area (Å²) < 4.78 is 6.28. The Hall–Kier alpha value is -0.740. The standard InChI is InChI=1S/C13H19BrN2O/c1-3-10-9-15-6-7-16(10)11-4-5-13(17-2)12(14)8-11/h4-5,8,10,15H,3,6-7,9H2,1-2H3. The number of rotatable bonds is 3. The van der Waals surface area contributed by atoms with Gasteiger partial charge in [-0.25, -0.2) is 0 Å². The Bertz CT molecular complexity index is 384. The molecule has 17 heavy (non-hydrogen) atoms. The molecule has 4 heteroatoms. The molecule has 0 saturated carbocycles. The molecule has 1 heterocycles. The fourth-order valence-corrected chi connectivity index (χ4v) is 2.83. The highest BCUT2D eigenvalue weighted by Crippen LogP contribution is 2.30. The first kappa shape index (κ1) is 12.7. The lowest BCUT2D eigenvalue weighted by atomic mass is 10.1. The van der Waals surface area contributed by atoms with Crippen LogP contribution in [-0.4, -0.2) is 32.8 Å². The van der Waals surface area contributed by atoms with Crippen molar-refractivity contribution in [3.8, 4) is 5.75 Å². The van der Waals surface area contributed by atoms with E-state index in [0.717, 1.165) is 36.3 Å². The molecule has 1 N–H and O–H groups in total. The minimum atomic E-state index is 0.587. The summed E-state index contributed by atoms with van der Waals surface area (Å²) in [7, 11) is 1.69. The van der Waals surface area contributed by atoms with E-state index in [-0.39, 0.29) is 0 Å². The topological polar surface area (TPSA) is 24.5 Å². The van der Waals surface area contributed by atoms with Gasteiger partial charge in [-0.15, -0.1) is 0 Å². The van der Waals surface area contributed by atoms with Crippen LogP contribution in [0.4, 0.5) is 5.69 Å². The largest absolute Gasteiger partial charge is 0.496 e. The van der Waals surface area contributed by atoms with Gasteiger partial charge in [0.2, 0.25) is 0 Å². The third-order valence-corrected chi connectivity index (χ3v) is 3.91. The maximum atomic E-state index is 5.26. The molecule has 1 aromatic rings. The van der Waals surface area contributed by atoms with Crippen molar-refractivity contribution in [2.24, 2.45) is 0 Å². The lowest BCUT2D eigenvalue weighted by molar-refractivity contribution is 0.412. The van der Waals surface area contributed by atoms with Gasteiger partial charge in [-0.3, -0.25) is 0 Å². The van der Waals surface area contributed by atoms with E-state index in [9.17, 15) is 0 Å². The van der Waals surface area contributed by atoms with Gasteiger partial charge in [0, 0.05) is 31.4 Å². The third kappa shape index (κ3) is 2.75. The lowest BCUT2D eigenvalue weighted by Gasteiger charge is -2.37. The van der Waals surface area contributed by atoms with Crippen LogP contribution in [0.5, 0.6) is 5.75 Å². The molecule has 2 rings (SSSR count). The quantitative estimate of drug-likeness (QED) is 0.928. The average Bonchev–Trinajstić information content (AvgIpc) is 2.38. The molecule has 1 fully saturated rings. The Kier molecular flexibility index (Phi) is 4.29. The monoisotopic (exact) mass is 298 g/mol. The highest BCUT2D eigenvalue weighted by atomic mass is 79.9. The fraction of sp³-hybridized carbons (Fsp3) is 0.538. The molecule has 3 nitrogen and oxygen atoms in total. The maximum absolute atomic E-state index is 5.26. The second-order valence-corrected chi connectivity index (χ2v) is 5.13. The Morgan fingerprint density at radius 1 is 1.53 bits per heavy atom. The van der Waals surface area contributed by atoms with Crippen molar-refractivity contribution in [2.75, 3.05) is 31.6 Å². The van der Waals surface area contributed by atoms with Gasteiger partial charge in [-0.05, 0) is 40.5 Å². The normalized spacial score (nSPS) is 20.4. The molecule has 1 unspecified atom stereocenters. The van der Waals surface area contributed by atoms with E-state index >= 15 is 0 Å². The highest BCUT2D eigenvalue weighted by molar-refractivity contribution is 9.10. The summed E-state index contributed by atoms with van der Waals surface area (Å²) in [4.78, 5) is 2.47. The predicted molar refractivity (Wildman–Crippen MR) is 75.0 cm³/mol. The van der Waals surface area contributed by atoms with Crippen LogP contribution < -0.4 is 15.0 Å². The third-order valence-electron chi connectivity index (χ3n) is 3.29. The molecule has 1 saturated heterocycles. The number of hydrogen-bond acceptors (Lipinski definition) is 3. The van der Waals surface area contributed by atoms with Gasteiger partial charge in [0.25, 0.3) is 0 Å². The molecule has 1 aliphatic heterocycles. The number of nitrogens with one attached hydrogen (secondary N) is 1. The molecule has 0 bridgehead atoms. The van der Waals surface area contributed by atoms with Crippen molar-refractivity contribution < 1.29 is 4.74 Å². The van der Waals surface area contributed by atoms with Crippen molar-refractivity contribution in [2.45, 2.75) is 19.4 Å². The van der Waals surface area contributed by atoms with Crippen LogP contribution in [0.1, 0.15) is 13.3 Å². The zero-order valence-electron chi connectivity index (χ0n) is 10.4. The van der Waals surface area contributed by atoms with Gasteiger partial charge >= 0.3 is 0 Å². The van der Waals surface area contributed by atoms with Crippen LogP contribution >= 0.6 is 15.9 Å². The number of piperazine rings is 1. The molecular formula is C13H19BrN2O. The maximum Gasteiger partial charge on any atom is 0.133 e. The molecule has 1 aromatic carbocycles. The first-order valence-electron chi connectivity index (χ1n) is 6.07. The Morgan fingerprint density at radius 2 is 2.35 bits per heavy atom. The SMILES string of the molecule is CCC1CNCCN1c1ccc(OC)c(Br)c1. The molecule has 1 aliphatic rings. The smallest absolute Gasteiger partial charge is 0.133 e. The van der Waals surface area contributed by atoms with E-state index in [4.69, 9.17) is 4.74 Å². The highest BCUT2D eigenvalue weighted by Gasteiger charge is 2.21. The van der Waals surface area contributed by atoms with Crippen molar-refractivity contribution in [3.05, 3.63) is 22.7 Å². The van der Waals surface area contributed by atoms with E-state index in [2.05, 4.69) is 45.2 Å². The van der Waals surface area contributed by atoms with Crippen LogP contribution in [0.3, 0.4) is 0 Å². The fourth-order valence-electron chi connectivity index (χ4n) is 2.30. The van der Waals surface area contributed by atoms with E-state index in [1.807, 2.05) is 6.07 Å². The summed E-state index contributed by atoms with van der Waals surface area (Å²) >= 11 is 3.55. The van der Waals surface area contributed by atoms with E-state index in [1.165, 1.54) is 5.69 Å². The van der Waals surface area contributed by atoms with Gasteiger partial charge in [0.15, 0.2) is 0 Å². The number of methoxy groups -OCH3 is 1. The first-order chi connectivity index (χ1) is 8.26. The summed E-state index contributed by atoms with van der Waals surface area (Å²) in [5.41, 5.74) is 1.27. The summed E-state index contributed by atoms with van der Waals surface area (Å²) in [6, 6.07) is 6.89. The van der Waals surface area contributed by atoms with Gasteiger partial charge < -0.3 is 15.0 Å². The minimum absolute atomic E-state index is 0.587. The number of hydrogen-bond donors (Lipinski definition) is 1. The average molecular weight is 299 g/mol. The Morgan fingerprint density at radius 3 is 3.00 bits per heavy atom. The van der Waals surface area contributed by atoms with Crippen LogP contribution in [0, 0.1) is 0 Å². The number of benzene rings is 1. The van der Waals surface area contributed by atoms with E-state index < -0.39 is 0 Å². The molecule has 94 valence electrons. The number of halogens is 1. The van der Waals surface area contributed by atoms with Gasteiger partial charge in [0.1, 0.15) is 5.75 Å². The number of ether oxygens (including phenoxy) is 1. The minimum Gasteiger partial charge on any atom is -0.496 e. The second-order valence-electron chi connectivity index (χ2n) is 4.28. The number of anilines is 1. The molecule has 0 radical (unpaired) electrons. The summed E-state index contributed by atoms with van der Waals surface area (Å²) in [6.07, 6.45) is 1.16. The molecule has 0 amide bonds. The second kappa shape index (κ2) is 5.74. The molecular weight excluding hydrogens is 280 g/mol. The van der Waals surface area contributed by atoms with E-state index in [0.29, 0.717) is 6.04 Å². The molecule has 0 aromatic heterocycles. The summed E-state index contributed by atoms with van der Waals surface area (Å²) in [5, 5.41) is 3.44. The van der Waals surface area contributed by atoms with Crippen molar-refractivity contribution >= 4 is 21.6 Å². The van der Waals surface area contributed by atoms with Crippen molar-refractivity contribution in [3.63, 3.8) is 0 Å². The van der Waals surface area contributed by atoms with Crippen LogP contribution in [0.25, 0.3) is 0 Å². The first-order valence-corrected chi connectivity index (χ1v) is 6.86. The van der Waals surface area contributed by atoms with Crippen molar-refractivity contribution in [1.29, 1.82) is 0 Å². The molecule has 1 atom stereocenters. The molecule has 0 spiro atoms. The molecule has 0 aliphatic carbocycles.